The summed E-state index contributed by atoms with van der Waals surface area (Å²) in [6.07, 6.45) is 4.86. The molecule has 0 saturated heterocycles. The van der Waals surface area contributed by atoms with Gasteiger partial charge in [-0.05, 0) is 36.5 Å². The second kappa shape index (κ2) is 8.28. The normalized spacial score (nSPS) is 15.9. The van der Waals surface area contributed by atoms with Gasteiger partial charge in [0.2, 0.25) is 5.91 Å². The number of amides is 1. The Kier molecular flexibility index (Phi) is 5.84. The van der Waals surface area contributed by atoms with Gasteiger partial charge in [0.1, 0.15) is 0 Å². The van der Waals surface area contributed by atoms with Crippen molar-refractivity contribution in [1.29, 1.82) is 0 Å². The average Bonchev–Trinajstić information content (AvgIpc) is 3.12. The van der Waals surface area contributed by atoms with Crippen LogP contribution in [0.4, 0.5) is 5.69 Å². The van der Waals surface area contributed by atoms with Gasteiger partial charge >= 0.3 is 0 Å². The molecule has 132 valence electrons. The van der Waals surface area contributed by atoms with E-state index in [1.54, 1.807) is 0 Å². The quantitative estimate of drug-likeness (QED) is 0.727. The fraction of sp³-hybridized carbons (Fsp3) is 0.381. The van der Waals surface area contributed by atoms with Gasteiger partial charge in [0.05, 0.1) is 13.2 Å². The van der Waals surface area contributed by atoms with E-state index in [0.29, 0.717) is 0 Å². The maximum atomic E-state index is 12.4. The van der Waals surface area contributed by atoms with Gasteiger partial charge in [-0.3, -0.25) is 4.79 Å². The zero-order valence-corrected chi connectivity index (χ0v) is 14.5. The molecule has 1 saturated carbocycles. The first-order valence-electron chi connectivity index (χ1n) is 8.98. The van der Waals surface area contributed by atoms with E-state index in [0.717, 1.165) is 43.4 Å². The minimum Gasteiger partial charge on any atom is -0.394 e. The van der Waals surface area contributed by atoms with E-state index >= 15 is 0 Å². The van der Waals surface area contributed by atoms with Gasteiger partial charge in [-0.15, -0.1) is 0 Å². The monoisotopic (exact) mass is 338 g/mol. The van der Waals surface area contributed by atoms with Gasteiger partial charge in [0.15, 0.2) is 0 Å². The van der Waals surface area contributed by atoms with Gasteiger partial charge in [-0.1, -0.05) is 61.4 Å². The van der Waals surface area contributed by atoms with E-state index in [2.05, 4.69) is 22.8 Å². The van der Waals surface area contributed by atoms with Crippen molar-refractivity contribution in [3.63, 3.8) is 0 Å². The molecule has 0 unspecified atom stereocenters. The third-order valence-corrected chi connectivity index (χ3v) is 5.02. The Morgan fingerprint density at radius 2 is 1.68 bits per heavy atom. The molecule has 0 spiro atoms. The molecule has 1 aliphatic rings. The predicted molar refractivity (Wildman–Crippen MR) is 101 cm³/mol. The number of hydrogen-bond donors (Lipinski definition) is 3. The molecule has 0 aromatic heterocycles. The summed E-state index contributed by atoms with van der Waals surface area (Å²) >= 11 is 0. The summed E-state index contributed by atoms with van der Waals surface area (Å²) in [7, 11) is 0. The maximum absolute atomic E-state index is 12.4. The molecule has 2 aromatic carbocycles. The van der Waals surface area contributed by atoms with E-state index in [1.165, 1.54) is 5.56 Å². The maximum Gasteiger partial charge on any atom is 0.238 e. The topological polar surface area (TPSA) is 61.4 Å². The second-order valence-corrected chi connectivity index (χ2v) is 6.87. The lowest BCUT2D eigenvalue weighted by Crippen LogP contribution is -2.49. The largest absolute Gasteiger partial charge is 0.394 e. The summed E-state index contributed by atoms with van der Waals surface area (Å²) in [4.78, 5) is 12.4. The van der Waals surface area contributed by atoms with Crippen molar-refractivity contribution < 1.29 is 9.90 Å². The summed E-state index contributed by atoms with van der Waals surface area (Å²) in [6.45, 7) is 0.311. The number of carbonyl (C=O) groups is 1. The molecule has 2 aromatic rings. The molecular weight excluding hydrogens is 312 g/mol. The van der Waals surface area contributed by atoms with E-state index < -0.39 is 0 Å². The van der Waals surface area contributed by atoms with E-state index in [-0.39, 0.29) is 24.6 Å². The lowest BCUT2D eigenvalue weighted by atomic mass is 9.99. The first-order chi connectivity index (χ1) is 12.2. The number of carbonyl (C=O) groups excluding carboxylic acids is 1. The molecule has 1 aliphatic carbocycles. The SMILES string of the molecule is O=C(CNC1(CO)CCCC1)Nc1ccccc1Cc1ccccc1. The second-order valence-electron chi connectivity index (χ2n) is 6.87. The Morgan fingerprint density at radius 1 is 1.00 bits per heavy atom. The van der Waals surface area contributed by atoms with Crippen LogP contribution in [0, 0.1) is 0 Å². The number of benzene rings is 2. The molecule has 25 heavy (non-hydrogen) atoms. The van der Waals surface area contributed by atoms with Crippen molar-refractivity contribution in [2.75, 3.05) is 18.5 Å². The molecule has 4 nitrogen and oxygen atoms in total. The third kappa shape index (κ3) is 4.68. The fourth-order valence-corrected chi connectivity index (χ4v) is 3.52. The number of anilines is 1. The van der Waals surface area contributed by atoms with Crippen LogP contribution in [-0.2, 0) is 11.2 Å². The van der Waals surface area contributed by atoms with Gasteiger partial charge in [0.25, 0.3) is 0 Å². The molecule has 0 heterocycles. The van der Waals surface area contributed by atoms with Crippen molar-refractivity contribution in [2.24, 2.45) is 0 Å². The van der Waals surface area contributed by atoms with Crippen LogP contribution < -0.4 is 10.6 Å². The Balaban J connectivity index is 1.61. The van der Waals surface area contributed by atoms with Gasteiger partial charge in [0, 0.05) is 11.2 Å². The Bertz CT molecular complexity index is 694. The van der Waals surface area contributed by atoms with Crippen molar-refractivity contribution in [1.82, 2.24) is 5.32 Å². The molecule has 3 rings (SSSR count). The molecule has 4 heteroatoms. The summed E-state index contributed by atoms with van der Waals surface area (Å²) < 4.78 is 0. The van der Waals surface area contributed by atoms with Gasteiger partial charge in [-0.2, -0.15) is 0 Å². The molecule has 3 N–H and O–H groups in total. The van der Waals surface area contributed by atoms with E-state index in [4.69, 9.17) is 0 Å². The third-order valence-electron chi connectivity index (χ3n) is 5.02. The summed E-state index contributed by atoms with van der Waals surface area (Å²) in [5.74, 6) is -0.0692. The summed E-state index contributed by atoms with van der Waals surface area (Å²) in [5, 5.41) is 15.9. The molecule has 0 radical (unpaired) electrons. The lowest BCUT2D eigenvalue weighted by Gasteiger charge is -2.27. The van der Waals surface area contributed by atoms with Crippen LogP contribution in [0.2, 0.25) is 0 Å². The standard InChI is InChI=1S/C21H26N2O2/c24-16-21(12-6-7-13-21)22-15-20(25)23-19-11-5-4-10-18(19)14-17-8-2-1-3-9-17/h1-5,8-11,22,24H,6-7,12-16H2,(H,23,25). The molecule has 0 bridgehead atoms. The zero-order chi connectivity index (χ0) is 17.5. The lowest BCUT2D eigenvalue weighted by molar-refractivity contribution is -0.115. The Morgan fingerprint density at radius 3 is 2.40 bits per heavy atom. The van der Waals surface area contributed by atoms with E-state index in [1.807, 2.05) is 42.5 Å². The van der Waals surface area contributed by atoms with Crippen LogP contribution in [0.15, 0.2) is 54.6 Å². The van der Waals surface area contributed by atoms with Crippen LogP contribution in [-0.4, -0.2) is 29.7 Å². The first kappa shape index (κ1) is 17.6. The first-order valence-corrected chi connectivity index (χ1v) is 8.98. The molecular formula is C21H26N2O2. The summed E-state index contributed by atoms with van der Waals surface area (Å²) in [5.41, 5.74) is 2.89. The average molecular weight is 338 g/mol. The number of para-hydroxylation sites is 1. The van der Waals surface area contributed by atoms with Crippen molar-refractivity contribution >= 4 is 11.6 Å². The van der Waals surface area contributed by atoms with Crippen LogP contribution in [0.25, 0.3) is 0 Å². The number of rotatable bonds is 7. The Labute approximate surface area is 149 Å². The number of nitrogens with one attached hydrogen (secondary N) is 2. The molecule has 0 atom stereocenters. The van der Waals surface area contributed by atoms with Crippen molar-refractivity contribution in [2.45, 2.75) is 37.6 Å². The minimum atomic E-state index is -0.277. The number of hydrogen-bond acceptors (Lipinski definition) is 3. The summed E-state index contributed by atoms with van der Waals surface area (Å²) in [6, 6.07) is 18.1. The number of aliphatic hydroxyl groups excluding tert-OH is 1. The van der Waals surface area contributed by atoms with Crippen LogP contribution >= 0.6 is 0 Å². The van der Waals surface area contributed by atoms with Gasteiger partial charge in [-0.25, -0.2) is 0 Å². The highest BCUT2D eigenvalue weighted by atomic mass is 16.3. The minimum absolute atomic E-state index is 0.0692. The van der Waals surface area contributed by atoms with Crippen LogP contribution in [0.5, 0.6) is 0 Å². The number of aliphatic hydroxyl groups is 1. The highest BCUT2D eigenvalue weighted by Crippen LogP contribution is 2.28. The Hall–Kier alpha value is -2.17. The van der Waals surface area contributed by atoms with E-state index in [9.17, 15) is 9.90 Å². The smallest absolute Gasteiger partial charge is 0.238 e. The van der Waals surface area contributed by atoms with Crippen LogP contribution in [0.3, 0.4) is 0 Å². The molecule has 1 amide bonds. The highest BCUT2D eigenvalue weighted by molar-refractivity contribution is 5.93. The van der Waals surface area contributed by atoms with Crippen molar-refractivity contribution in [3.8, 4) is 0 Å². The zero-order valence-electron chi connectivity index (χ0n) is 14.5. The predicted octanol–water partition coefficient (Wildman–Crippen LogP) is 3.11. The molecule has 0 aliphatic heterocycles. The van der Waals surface area contributed by atoms with Crippen LogP contribution in [0.1, 0.15) is 36.8 Å². The molecule has 1 fully saturated rings. The highest BCUT2D eigenvalue weighted by Gasteiger charge is 2.32. The van der Waals surface area contributed by atoms with Crippen molar-refractivity contribution in [3.05, 3.63) is 65.7 Å². The fourth-order valence-electron chi connectivity index (χ4n) is 3.52. The van der Waals surface area contributed by atoms with Gasteiger partial charge < -0.3 is 15.7 Å².